The Kier molecular flexibility index (Phi) is 1.67. The van der Waals surface area contributed by atoms with Crippen LogP contribution in [0.25, 0.3) is 0 Å². The van der Waals surface area contributed by atoms with Gasteiger partial charge in [-0.2, -0.15) is 0 Å². The van der Waals surface area contributed by atoms with E-state index in [1.165, 1.54) is 11.9 Å². The molecule has 1 unspecified atom stereocenters. The average molecular weight is 216 g/mol. The standard InChI is InChI=1S/C12H12N2O2/c1-14-10(15)12(13-11(14)16)7-9(12)8-5-3-2-4-6-8/h2-6,9H,7H2,1H3,(H,13,16)/t9-,12?/m0/s1. The van der Waals surface area contributed by atoms with Crippen LogP contribution in [0.1, 0.15) is 17.9 Å². The van der Waals surface area contributed by atoms with Gasteiger partial charge in [0.1, 0.15) is 5.54 Å². The van der Waals surface area contributed by atoms with Crippen LogP contribution in [0.4, 0.5) is 4.79 Å². The number of carbonyl (C=O) groups excluding carboxylic acids is 2. The zero-order valence-electron chi connectivity index (χ0n) is 8.93. The third-order valence-electron chi connectivity index (χ3n) is 3.48. The van der Waals surface area contributed by atoms with Crippen LogP contribution in [-0.4, -0.2) is 29.4 Å². The van der Waals surface area contributed by atoms with Crippen molar-refractivity contribution in [2.45, 2.75) is 17.9 Å². The number of urea groups is 1. The summed E-state index contributed by atoms with van der Waals surface area (Å²) in [4.78, 5) is 24.5. The number of carbonyl (C=O) groups is 2. The van der Waals surface area contributed by atoms with Crippen molar-refractivity contribution in [2.75, 3.05) is 7.05 Å². The maximum absolute atomic E-state index is 11.9. The molecule has 1 N–H and O–H groups in total. The number of nitrogens with zero attached hydrogens (tertiary/aromatic N) is 1. The summed E-state index contributed by atoms with van der Waals surface area (Å²) >= 11 is 0. The first-order valence-electron chi connectivity index (χ1n) is 5.30. The summed E-state index contributed by atoms with van der Waals surface area (Å²) in [6, 6.07) is 9.55. The van der Waals surface area contributed by atoms with Crippen molar-refractivity contribution in [3.63, 3.8) is 0 Å². The summed E-state index contributed by atoms with van der Waals surface area (Å²) in [5, 5.41) is 2.79. The molecule has 3 amide bonds. The number of amides is 3. The van der Waals surface area contributed by atoms with Crippen molar-refractivity contribution >= 4 is 11.9 Å². The molecule has 4 nitrogen and oxygen atoms in total. The number of imide groups is 1. The normalized spacial score (nSPS) is 32.1. The number of likely N-dealkylation sites (N-methyl/N-ethyl adjacent to an activating group) is 1. The molecule has 1 saturated heterocycles. The van der Waals surface area contributed by atoms with Crippen molar-refractivity contribution in [2.24, 2.45) is 0 Å². The molecule has 3 rings (SSSR count). The van der Waals surface area contributed by atoms with E-state index < -0.39 is 5.54 Å². The maximum atomic E-state index is 11.9. The molecule has 2 aliphatic rings. The monoisotopic (exact) mass is 216 g/mol. The van der Waals surface area contributed by atoms with E-state index >= 15 is 0 Å². The highest BCUT2D eigenvalue weighted by atomic mass is 16.2. The van der Waals surface area contributed by atoms with Crippen molar-refractivity contribution in [1.29, 1.82) is 0 Å². The van der Waals surface area contributed by atoms with E-state index in [2.05, 4.69) is 5.32 Å². The Labute approximate surface area is 93.2 Å². The second-order valence-corrected chi connectivity index (χ2v) is 4.43. The highest BCUT2D eigenvalue weighted by Crippen LogP contribution is 2.54. The summed E-state index contributed by atoms with van der Waals surface area (Å²) < 4.78 is 0. The van der Waals surface area contributed by atoms with Crippen LogP contribution in [0.5, 0.6) is 0 Å². The molecular formula is C12H12N2O2. The molecule has 0 aromatic heterocycles. The lowest BCUT2D eigenvalue weighted by Gasteiger charge is -2.07. The predicted octanol–water partition coefficient (Wildman–Crippen LogP) is 1.09. The van der Waals surface area contributed by atoms with E-state index in [1.807, 2.05) is 30.3 Å². The highest BCUT2D eigenvalue weighted by molar-refractivity contribution is 6.09. The van der Waals surface area contributed by atoms with E-state index in [4.69, 9.17) is 0 Å². The van der Waals surface area contributed by atoms with Gasteiger partial charge in [0, 0.05) is 13.0 Å². The Morgan fingerprint density at radius 3 is 2.56 bits per heavy atom. The minimum atomic E-state index is -0.646. The number of rotatable bonds is 1. The molecule has 0 bridgehead atoms. The third kappa shape index (κ3) is 1.04. The Balaban J connectivity index is 1.91. The number of hydrogen-bond acceptors (Lipinski definition) is 2. The maximum Gasteiger partial charge on any atom is 0.324 e. The van der Waals surface area contributed by atoms with Crippen LogP contribution in [0.15, 0.2) is 30.3 Å². The molecule has 1 aromatic carbocycles. The Morgan fingerprint density at radius 2 is 2.00 bits per heavy atom. The van der Waals surface area contributed by atoms with Crippen LogP contribution in [0, 0.1) is 0 Å². The van der Waals surface area contributed by atoms with Crippen molar-refractivity contribution in [1.82, 2.24) is 10.2 Å². The first-order chi connectivity index (χ1) is 7.65. The molecular weight excluding hydrogens is 204 g/mol. The van der Waals surface area contributed by atoms with Gasteiger partial charge in [-0.25, -0.2) is 4.79 Å². The molecule has 0 radical (unpaired) electrons. The number of hydrogen-bond donors (Lipinski definition) is 1. The first-order valence-corrected chi connectivity index (χ1v) is 5.30. The minimum absolute atomic E-state index is 0.105. The van der Waals surface area contributed by atoms with Gasteiger partial charge in [0.05, 0.1) is 0 Å². The van der Waals surface area contributed by atoms with Crippen LogP contribution in [0.3, 0.4) is 0 Å². The Hall–Kier alpha value is -1.84. The fourth-order valence-corrected chi connectivity index (χ4v) is 2.44. The second kappa shape index (κ2) is 2.84. The van der Waals surface area contributed by atoms with Gasteiger partial charge >= 0.3 is 6.03 Å². The molecule has 1 aliphatic carbocycles. The Morgan fingerprint density at radius 1 is 1.31 bits per heavy atom. The zero-order valence-corrected chi connectivity index (χ0v) is 8.93. The molecule has 2 atom stereocenters. The predicted molar refractivity (Wildman–Crippen MR) is 57.8 cm³/mol. The van der Waals surface area contributed by atoms with E-state index in [9.17, 15) is 9.59 Å². The first kappa shape index (κ1) is 9.39. The Bertz CT molecular complexity index is 471. The average Bonchev–Trinajstić information content (AvgIpc) is 2.99. The SMILES string of the molecule is CN1C(=O)NC2(C[C@H]2c2ccccc2)C1=O. The fourth-order valence-electron chi connectivity index (χ4n) is 2.44. The second-order valence-electron chi connectivity index (χ2n) is 4.43. The smallest absolute Gasteiger partial charge is 0.322 e. The quantitative estimate of drug-likeness (QED) is 0.714. The summed E-state index contributed by atoms with van der Waals surface area (Å²) in [6.07, 6.45) is 0.714. The van der Waals surface area contributed by atoms with Gasteiger partial charge in [0.2, 0.25) is 0 Å². The summed E-state index contributed by atoms with van der Waals surface area (Å²) in [5.74, 6) is 0.0291. The molecule has 1 saturated carbocycles. The highest BCUT2D eigenvalue weighted by Gasteiger charge is 2.66. The van der Waals surface area contributed by atoms with Gasteiger partial charge in [0.15, 0.2) is 0 Å². The van der Waals surface area contributed by atoms with Gasteiger partial charge in [-0.1, -0.05) is 30.3 Å². The van der Waals surface area contributed by atoms with Crippen LogP contribution >= 0.6 is 0 Å². The van der Waals surface area contributed by atoms with E-state index in [-0.39, 0.29) is 17.9 Å². The van der Waals surface area contributed by atoms with Crippen LogP contribution < -0.4 is 5.32 Å². The lowest BCUT2D eigenvalue weighted by Crippen LogP contribution is -2.33. The summed E-state index contributed by atoms with van der Waals surface area (Å²) in [7, 11) is 1.52. The van der Waals surface area contributed by atoms with Gasteiger partial charge in [-0.15, -0.1) is 0 Å². The molecule has 1 aromatic rings. The minimum Gasteiger partial charge on any atom is -0.322 e. The molecule has 1 aliphatic heterocycles. The number of nitrogens with one attached hydrogen (secondary N) is 1. The van der Waals surface area contributed by atoms with Crippen LogP contribution in [0.2, 0.25) is 0 Å². The molecule has 82 valence electrons. The fraction of sp³-hybridized carbons (Fsp3) is 0.333. The lowest BCUT2D eigenvalue weighted by atomic mass is 10.1. The topological polar surface area (TPSA) is 49.4 Å². The van der Waals surface area contributed by atoms with Gasteiger partial charge in [-0.05, 0) is 12.0 Å². The number of benzene rings is 1. The van der Waals surface area contributed by atoms with Gasteiger partial charge in [-0.3, -0.25) is 9.69 Å². The van der Waals surface area contributed by atoms with Crippen molar-refractivity contribution in [3.8, 4) is 0 Å². The van der Waals surface area contributed by atoms with Gasteiger partial charge < -0.3 is 5.32 Å². The summed E-state index contributed by atoms with van der Waals surface area (Å²) in [5.41, 5.74) is 0.471. The van der Waals surface area contributed by atoms with Crippen molar-refractivity contribution in [3.05, 3.63) is 35.9 Å². The van der Waals surface area contributed by atoms with E-state index in [0.717, 1.165) is 5.56 Å². The van der Waals surface area contributed by atoms with Crippen LogP contribution in [-0.2, 0) is 4.79 Å². The molecule has 4 heteroatoms. The molecule has 2 fully saturated rings. The zero-order chi connectivity index (χ0) is 11.3. The molecule has 1 heterocycles. The lowest BCUT2D eigenvalue weighted by molar-refractivity contribution is -0.127. The molecule has 16 heavy (non-hydrogen) atoms. The third-order valence-corrected chi connectivity index (χ3v) is 3.48. The summed E-state index contributed by atoms with van der Waals surface area (Å²) in [6.45, 7) is 0. The van der Waals surface area contributed by atoms with Gasteiger partial charge in [0.25, 0.3) is 5.91 Å². The molecule has 1 spiro atoms. The van der Waals surface area contributed by atoms with E-state index in [0.29, 0.717) is 6.42 Å². The largest absolute Gasteiger partial charge is 0.324 e. The van der Waals surface area contributed by atoms with E-state index in [1.54, 1.807) is 0 Å². The van der Waals surface area contributed by atoms with Crippen molar-refractivity contribution < 1.29 is 9.59 Å².